The van der Waals surface area contributed by atoms with Gasteiger partial charge in [0, 0.05) is 25.5 Å². The summed E-state index contributed by atoms with van der Waals surface area (Å²) >= 11 is 5.55. The third-order valence-electron chi connectivity index (χ3n) is 2.93. The molecule has 22 heavy (non-hydrogen) atoms. The lowest BCUT2D eigenvalue weighted by Gasteiger charge is -2.29. The average molecular weight is 327 g/mol. The van der Waals surface area contributed by atoms with E-state index in [1.165, 1.54) is 18.8 Å². The number of hydrogen-bond donors (Lipinski definition) is 0. The van der Waals surface area contributed by atoms with Crippen molar-refractivity contribution in [3.63, 3.8) is 0 Å². The van der Waals surface area contributed by atoms with E-state index in [-0.39, 0.29) is 11.7 Å². The Hall–Kier alpha value is -1.62. The van der Waals surface area contributed by atoms with Gasteiger partial charge < -0.3 is 9.64 Å². The topological polar surface area (TPSA) is 59.5 Å². The minimum absolute atomic E-state index is 0.160. The highest BCUT2D eigenvalue weighted by Gasteiger charge is 2.22. The highest BCUT2D eigenvalue weighted by Crippen LogP contribution is 2.14. The van der Waals surface area contributed by atoms with E-state index in [1.54, 1.807) is 11.0 Å². The number of piperidine rings is 1. The Bertz CT molecular complexity index is 494. The zero-order chi connectivity index (χ0) is 16.6. The number of pyridine rings is 1. The third-order valence-corrected chi connectivity index (χ3v) is 3.28. The summed E-state index contributed by atoms with van der Waals surface area (Å²) in [5.74, 6) is 0. The number of amides is 1. The highest BCUT2D eigenvalue weighted by atomic mass is 35.5. The van der Waals surface area contributed by atoms with E-state index in [9.17, 15) is 9.59 Å². The first-order valence-electron chi connectivity index (χ1n) is 7.36. The van der Waals surface area contributed by atoms with Crippen LogP contribution in [0.3, 0.4) is 0 Å². The second-order valence-corrected chi connectivity index (χ2v) is 6.45. The minimum Gasteiger partial charge on any atom is -0.444 e. The molecule has 1 aromatic rings. The van der Waals surface area contributed by atoms with Crippen molar-refractivity contribution >= 4 is 24.0 Å². The SMILES string of the molecule is CC(C)(C)OC(=O)N1CCCCC1.O=Cc1cnccc1Cl. The predicted molar refractivity (Wildman–Crippen MR) is 86.3 cm³/mol. The lowest BCUT2D eigenvalue weighted by atomic mass is 10.1. The lowest BCUT2D eigenvalue weighted by molar-refractivity contribution is 0.0216. The number of rotatable bonds is 1. The molecule has 0 aliphatic carbocycles. The lowest BCUT2D eigenvalue weighted by Crippen LogP contribution is -2.39. The van der Waals surface area contributed by atoms with E-state index in [0.717, 1.165) is 25.9 Å². The zero-order valence-electron chi connectivity index (χ0n) is 13.3. The number of carbonyl (C=O) groups is 2. The van der Waals surface area contributed by atoms with Crippen LogP contribution < -0.4 is 0 Å². The van der Waals surface area contributed by atoms with Crippen molar-refractivity contribution < 1.29 is 14.3 Å². The van der Waals surface area contributed by atoms with Crippen LogP contribution in [0.1, 0.15) is 50.4 Å². The average Bonchev–Trinajstić information content (AvgIpc) is 2.48. The quantitative estimate of drug-likeness (QED) is 0.733. The Morgan fingerprint density at radius 1 is 1.32 bits per heavy atom. The van der Waals surface area contributed by atoms with E-state index >= 15 is 0 Å². The van der Waals surface area contributed by atoms with Crippen molar-refractivity contribution in [1.29, 1.82) is 0 Å². The van der Waals surface area contributed by atoms with Gasteiger partial charge in [-0.25, -0.2) is 4.79 Å². The highest BCUT2D eigenvalue weighted by molar-refractivity contribution is 6.32. The van der Waals surface area contributed by atoms with Crippen LogP contribution in [0.2, 0.25) is 5.02 Å². The predicted octanol–water partition coefficient (Wildman–Crippen LogP) is 3.95. The Kier molecular flexibility index (Phi) is 7.32. The number of carbonyl (C=O) groups excluding carboxylic acids is 2. The molecule has 2 rings (SSSR count). The summed E-state index contributed by atoms with van der Waals surface area (Å²) in [6, 6.07) is 1.57. The van der Waals surface area contributed by atoms with E-state index < -0.39 is 0 Å². The van der Waals surface area contributed by atoms with Gasteiger partial charge in [0.05, 0.1) is 10.6 Å². The monoisotopic (exact) mass is 326 g/mol. The first kappa shape index (κ1) is 18.4. The number of nitrogens with zero attached hydrogens (tertiary/aromatic N) is 2. The van der Waals surface area contributed by atoms with Gasteiger partial charge in [-0.05, 0) is 46.1 Å². The molecule has 0 radical (unpaired) electrons. The molecule has 1 aliphatic heterocycles. The normalized spacial score (nSPS) is 14.6. The molecule has 0 bridgehead atoms. The first-order valence-corrected chi connectivity index (χ1v) is 7.74. The molecule has 0 aromatic carbocycles. The molecular formula is C16H23ClN2O3. The van der Waals surface area contributed by atoms with Crippen LogP contribution >= 0.6 is 11.6 Å². The van der Waals surface area contributed by atoms with Crippen molar-refractivity contribution in [2.75, 3.05) is 13.1 Å². The van der Waals surface area contributed by atoms with Crippen molar-refractivity contribution in [2.45, 2.75) is 45.6 Å². The van der Waals surface area contributed by atoms with Crippen LogP contribution in [-0.2, 0) is 4.74 Å². The van der Waals surface area contributed by atoms with Crippen LogP contribution in [0.25, 0.3) is 0 Å². The van der Waals surface area contributed by atoms with E-state index in [0.29, 0.717) is 16.9 Å². The van der Waals surface area contributed by atoms with Gasteiger partial charge in [-0.15, -0.1) is 0 Å². The van der Waals surface area contributed by atoms with Gasteiger partial charge in [0.2, 0.25) is 0 Å². The number of hydrogen-bond acceptors (Lipinski definition) is 4. The summed E-state index contributed by atoms with van der Waals surface area (Å²) in [7, 11) is 0. The molecule has 0 atom stereocenters. The zero-order valence-corrected chi connectivity index (χ0v) is 14.1. The molecule has 122 valence electrons. The van der Waals surface area contributed by atoms with Gasteiger partial charge in [0.25, 0.3) is 0 Å². The summed E-state index contributed by atoms with van der Waals surface area (Å²) in [5, 5.41) is 0.444. The smallest absolute Gasteiger partial charge is 0.410 e. The number of likely N-dealkylation sites (tertiary alicyclic amines) is 1. The van der Waals surface area contributed by atoms with Crippen LogP contribution in [0.4, 0.5) is 4.79 Å². The summed E-state index contributed by atoms with van der Waals surface area (Å²) in [4.78, 5) is 27.1. The maximum absolute atomic E-state index is 11.5. The molecule has 1 fully saturated rings. The van der Waals surface area contributed by atoms with E-state index in [1.807, 2.05) is 20.8 Å². The number of aromatic nitrogens is 1. The number of halogens is 1. The molecule has 1 aliphatic rings. The Labute approximate surface area is 136 Å². The Morgan fingerprint density at radius 3 is 2.41 bits per heavy atom. The molecule has 1 amide bonds. The second kappa shape index (κ2) is 8.73. The number of ether oxygens (including phenoxy) is 1. The van der Waals surface area contributed by atoms with Crippen molar-refractivity contribution in [3.8, 4) is 0 Å². The minimum atomic E-state index is -0.367. The summed E-state index contributed by atoms with van der Waals surface area (Å²) < 4.78 is 5.26. The van der Waals surface area contributed by atoms with Crippen molar-refractivity contribution in [2.24, 2.45) is 0 Å². The van der Waals surface area contributed by atoms with Gasteiger partial charge in [0.1, 0.15) is 5.60 Å². The number of aldehydes is 1. The van der Waals surface area contributed by atoms with Gasteiger partial charge >= 0.3 is 6.09 Å². The molecule has 1 aromatic heterocycles. The first-order chi connectivity index (χ1) is 10.3. The molecule has 0 N–H and O–H groups in total. The summed E-state index contributed by atoms with van der Waals surface area (Å²) in [6.07, 6.45) is 6.94. The molecule has 0 unspecified atom stereocenters. The second-order valence-electron chi connectivity index (χ2n) is 6.04. The van der Waals surface area contributed by atoms with Gasteiger partial charge in [-0.3, -0.25) is 9.78 Å². The standard InChI is InChI=1S/C10H19NO2.C6H4ClNO/c1-10(2,3)13-9(12)11-7-5-4-6-8-11;7-6-1-2-8-3-5(6)4-9/h4-8H2,1-3H3;1-4H. The van der Waals surface area contributed by atoms with Crippen LogP contribution in [-0.4, -0.2) is 41.0 Å². The fraction of sp³-hybridized carbons (Fsp3) is 0.562. The van der Waals surface area contributed by atoms with Crippen molar-refractivity contribution in [3.05, 3.63) is 29.0 Å². The molecule has 5 nitrogen and oxygen atoms in total. The fourth-order valence-corrected chi connectivity index (χ4v) is 2.03. The molecule has 2 heterocycles. The largest absolute Gasteiger partial charge is 0.444 e. The molecule has 0 saturated carbocycles. The summed E-state index contributed by atoms with van der Waals surface area (Å²) in [5.41, 5.74) is 0.0632. The molecule has 1 saturated heterocycles. The van der Waals surface area contributed by atoms with E-state index in [2.05, 4.69) is 4.98 Å². The van der Waals surface area contributed by atoms with Gasteiger partial charge in [-0.1, -0.05) is 11.6 Å². The molecule has 0 spiro atoms. The third kappa shape index (κ3) is 6.89. The van der Waals surface area contributed by atoms with Crippen molar-refractivity contribution in [1.82, 2.24) is 9.88 Å². The summed E-state index contributed by atoms with van der Waals surface area (Å²) in [6.45, 7) is 7.41. The maximum atomic E-state index is 11.5. The van der Waals surface area contributed by atoms with Crippen LogP contribution in [0.5, 0.6) is 0 Å². The molecule has 6 heteroatoms. The van der Waals surface area contributed by atoms with E-state index in [4.69, 9.17) is 16.3 Å². The Balaban J connectivity index is 0.000000235. The van der Waals surface area contributed by atoms with Gasteiger partial charge in [-0.2, -0.15) is 0 Å². The fourth-order valence-electron chi connectivity index (χ4n) is 1.88. The maximum Gasteiger partial charge on any atom is 0.410 e. The Morgan fingerprint density at radius 2 is 1.95 bits per heavy atom. The van der Waals surface area contributed by atoms with Gasteiger partial charge in [0.15, 0.2) is 6.29 Å². The van der Waals surface area contributed by atoms with Crippen LogP contribution in [0.15, 0.2) is 18.5 Å². The molecular weight excluding hydrogens is 304 g/mol. The van der Waals surface area contributed by atoms with Crippen LogP contribution in [0, 0.1) is 0 Å².